The van der Waals surface area contributed by atoms with E-state index in [1.165, 1.54) is 31.5 Å². The summed E-state index contributed by atoms with van der Waals surface area (Å²) in [6.07, 6.45) is 6.36. The van der Waals surface area contributed by atoms with Crippen LogP contribution in [0.1, 0.15) is 59.8 Å². The predicted octanol–water partition coefficient (Wildman–Crippen LogP) is 4.56. The molecule has 7 heteroatoms. The summed E-state index contributed by atoms with van der Waals surface area (Å²) < 4.78 is 14.5. The van der Waals surface area contributed by atoms with Gasteiger partial charge in [-0.3, -0.25) is 19.5 Å². The Morgan fingerprint density at radius 1 is 1.14 bits per heavy atom. The SMILES string of the molecule is Cc1ccc(C(=O)Nc2cc(F)cc(CN3CCN(C(=O)C4C[C@@H]5CC[C@H]4C5)[C@@H](C)C3)c2C)cn1. The van der Waals surface area contributed by atoms with Crippen LogP contribution in [-0.2, 0) is 11.3 Å². The molecule has 1 saturated heterocycles. The highest BCUT2D eigenvalue weighted by molar-refractivity contribution is 6.04. The van der Waals surface area contributed by atoms with E-state index in [1.54, 1.807) is 18.2 Å². The molecular formula is C28H35FN4O2. The molecule has 0 spiro atoms. The summed E-state index contributed by atoms with van der Waals surface area (Å²) in [5.41, 5.74) is 3.45. The average molecular weight is 479 g/mol. The smallest absolute Gasteiger partial charge is 0.257 e. The second kappa shape index (κ2) is 9.69. The number of aryl methyl sites for hydroxylation is 1. The molecule has 6 nitrogen and oxygen atoms in total. The molecule has 1 aliphatic heterocycles. The van der Waals surface area contributed by atoms with E-state index in [1.807, 2.05) is 13.8 Å². The second-order valence-corrected chi connectivity index (χ2v) is 10.8. The molecule has 1 N–H and O–H groups in total. The van der Waals surface area contributed by atoms with Gasteiger partial charge in [-0.1, -0.05) is 6.42 Å². The quantitative estimate of drug-likeness (QED) is 0.684. The molecule has 2 aromatic rings. The molecule has 2 heterocycles. The van der Waals surface area contributed by atoms with Gasteiger partial charge in [0, 0.05) is 55.7 Å². The van der Waals surface area contributed by atoms with Crippen LogP contribution < -0.4 is 5.32 Å². The van der Waals surface area contributed by atoms with Crippen molar-refractivity contribution in [3.8, 4) is 0 Å². The van der Waals surface area contributed by atoms with Crippen molar-refractivity contribution >= 4 is 17.5 Å². The molecule has 0 radical (unpaired) electrons. The first-order valence-electron chi connectivity index (χ1n) is 12.8. The molecule has 4 atom stereocenters. The van der Waals surface area contributed by atoms with Crippen molar-refractivity contribution in [1.29, 1.82) is 0 Å². The largest absolute Gasteiger partial charge is 0.337 e. The average Bonchev–Trinajstić information content (AvgIpc) is 3.46. The molecule has 2 saturated carbocycles. The zero-order valence-corrected chi connectivity index (χ0v) is 20.9. The number of carbonyl (C=O) groups is 2. The number of aromatic nitrogens is 1. The van der Waals surface area contributed by atoms with Crippen LogP contribution in [0.3, 0.4) is 0 Å². The number of nitrogens with zero attached hydrogens (tertiary/aromatic N) is 3. The van der Waals surface area contributed by atoms with E-state index in [-0.39, 0.29) is 23.7 Å². The van der Waals surface area contributed by atoms with E-state index in [0.717, 1.165) is 42.2 Å². The molecule has 1 aromatic carbocycles. The van der Waals surface area contributed by atoms with Crippen molar-refractivity contribution < 1.29 is 14.0 Å². The van der Waals surface area contributed by atoms with Crippen molar-refractivity contribution in [2.45, 2.75) is 59.0 Å². The summed E-state index contributed by atoms with van der Waals surface area (Å²) in [7, 11) is 0. The van der Waals surface area contributed by atoms with E-state index < -0.39 is 0 Å². The Morgan fingerprint density at radius 3 is 2.63 bits per heavy atom. The van der Waals surface area contributed by atoms with Crippen LogP contribution in [-0.4, -0.2) is 52.3 Å². The fourth-order valence-electron chi connectivity index (χ4n) is 6.33. The minimum absolute atomic E-state index is 0.137. The molecule has 2 amide bonds. The number of anilines is 1. The summed E-state index contributed by atoms with van der Waals surface area (Å²) >= 11 is 0. The lowest BCUT2D eigenvalue weighted by Gasteiger charge is -2.42. The molecule has 1 aromatic heterocycles. The summed E-state index contributed by atoms with van der Waals surface area (Å²) in [5, 5.41) is 2.85. The van der Waals surface area contributed by atoms with Crippen LogP contribution in [0.15, 0.2) is 30.5 Å². The van der Waals surface area contributed by atoms with Crippen molar-refractivity contribution in [2.75, 3.05) is 25.0 Å². The van der Waals surface area contributed by atoms with E-state index in [4.69, 9.17) is 0 Å². The molecule has 1 unspecified atom stereocenters. The van der Waals surface area contributed by atoms with Gasteiger partial charge in [0.25, 0.3) is 5.91 Å². The van der Waals surface area contributed by atoms with Gasteiger partial charge in [-0.2, -0.15) is 0 Å². The van der Waals surface area contributed by atoms with Crippen LogP contribution in [0.4, 0.5) is 10.1 Å². The highest BCUT2D eigenvalue weighted by Crippen LogP contribution is 2.49. The van der Waals surface area contributed by atoms with Gasteiger partial charge in [-0.05, 0) is 87.3 Å². The maximum Gasteiger partial charge on any atom is 0.257 e. The normalized spacial score (nSPS) is 26.2. The number of rotatable bonds is 5. The molecule has 3 fully saturated rings. The van der Waals surface area contributed by atoms with Gasteiger partial charge >= 0.3 is 0 Å². The molecular weight excluding hydrogens is 443 g/mol. The van der Waals surface area contributed by atoms with Gasteiger partial charge in [-0.15, -0.1) is 0 Å². The highest BCUT2D eigenvalue weighted by Gasteiger charge is 2.45. The minimum Gasteiger partial charge on any atom is -0.337 e. The standard InChI is InChI=1S/C28H35FN4O2/c1-17-4-6-22(14-30-17)27(34)31-26-13-24(29)12-23(19(26)3)16-32-8-9-33(18(2)15-32)28(35)25-11-20-5-7-21(25)10-20/h4,6,12-14,18,20-21,25H,5,7-11,15-16H2,1-3H3,(H,31,34)/t18-,20+,21-,25?/m0/s1. The number of amides is 2. The van der Waals surface area contributed by atoms with Crippen molar-refractivity contribution in [3.63, 3.8) is 0 Å². The summed E-state index contributed by atoms with van der Waals surface area (Å²) in [6.45, 7) is 8.72. The van der Waals surface area contributed by atoms with Crippen molar-refractivity contribution in [2.24, 2.45) is 17.8 Å². The maximum absolute atomic E-state index is 14.5. The molecule has 186 valence electrons. The molecule has 3 aliphatic rings. The van der Waals surface area contributed by atoms with E-state index in [0.29, 0.717) is 36.2 Å². The summed E-state index contributed by atoms with van der Waals surface area (Å²) in [5.74, 6) is 1.25. The first-order valence-corrected chi connectivity index (χ1v) is 12.8. The Kier molecular flexibility index (Phi) is 6.62. The Hall–Kier alpha value is -2.80. The van der Waals surface area contributed by atoms with Crippen molar-refractivity contribution in [1.82, 2.24) is 14.8 Å². The molecule has 2 bridgehead atoms. The Morgan fingerprint density at radius 2 is 1.97 bits per heavy atom. The highest BCUT2D eigenvalue weighted by atomic mass is 19.1. The van der Waals surface area contributed by atoms with Crippen LogP contribution in [0.25, 0.3) is 0 Å². The van der Waals surface area contributed by atoms with Crippen molar-refractivity contribution in [3.05, 3.63) is 58.7 Å². The number of hydrogen-bond donors (Lipinski definition) is 1. The monoisotopic (exact) mass is 478 g/mol. The van der Waals surface area contributed by atoms with E-state index in [2.05, 4.69) is 27.0 Å². The summed E-state index contributed by atoms with van der Waals surface area (Å²) in [4.78, 5) is 34.5. The topological polar surface area (TPSA) is 65.5 Å². The minimum atomic E-state index is -0.374. The van der Waals surface area contributed by atoms with Crippen LogP contribution >= 0.6 is 0 Å². The predicted molar refractivity (Wildman–Crippen MR) is 133 cm³/mol. The lowest BCUT2D eigenvalue weighted by Crippen LogP contribution is -2.55. The first-order chi connectivity index (χ1) is 16.8. The number of pyridine rings is 1. The lowest BCUT2D eigenvalue weighted by molar-refractivity contribution is -0.142. The third kappa shape index (κ3) is 4.96. The third-order valence-corrected chi connectivity index (χ3v) is 8.35. The van der Waals surface area contributed by atoms with Gasteiger partial charge in [0.05, 0.1) is 5.56 Å². The van der Waals surface area contributed by atoms with Crippen LogP contribution in [0.2, 0.25) is 0 Å². The number of hydrogen-bond acceptors (Lipinski definition) is 4. The fraction of sp³-hybridized carbons (Fsp3) is 0.536. The molecule has 2 aliphatic carbocycles. The third-order valence-electron chi connectivity index (χ3n) is 8.35. The lowest BCUT2D eigenvalue weighted by atomic mass is 9.87. The number of fused-ring (bicyclic) bond motifs is 2. The second-order valence-electron chi connectivity index (χ2n) is 10.8. The number of carbonyl (C=O) groups excluding carboxylic acids is 2. The molecule has 35 heavy (non-hydrogen) atoms. The Labute approximate surface area is 206 Å². The zero-order chi connectivity index (χ0) is 24.7. The van der Waals surface area contributed by atoms with Gasteiger partial charge in [-0.25, -0.2) is 4.39 Å². The fourth-order valence-corrected chi connectivity index (χ4v) is 6.33. The first kappa shape index (κ1) is 23.9. The Bertz CT molecular complexity index is 1120. The van der Waals surface area contributed by atoms with Gasteiger partial charge < -0.3 is 10.2 Å². The van der Waals surface area contributed by atoms with Gasteiger partial charge in [0.15, 0.2) is 0 Å². The van der Waals surface area contributed by atoms with Crippen LogP contribution in [0, 0.1) is 37.4 Å². The maximum atomic E-state index is 14.5. The zero-order valence-electron chi connectivity index (χ0n) is 20.9. The summed E-state index contributed by atoms with van der Waals surface area (Å²) in [6, 6.07) is 6.55. The van der Waals surface area contributed by atoms with Gasteiger partial charge in [0.1, 0.15) is 5.82 Å². The molecule has 5 rings (SSSR count). The number of nitrogens with one attached hydrogen (secondary N) is 1. The van der Waals surface area contributed by atoms with E-state index >= 15 is 0 Å². The Balaban J connectivity index is 1.23. The number of piperazine rings is 1. The van der Waals surface area contributed by atoms with Crippen LogP contribution in [0.5, 0.6) is 0 Å². The van der Waals surface area contributed by atoms with E-state index in [9.17, 15) is 14.0 Å². The number of halogens is 1. The number of benzene rings is 1. The van der Waals surface area contributed by atoms with Gasteiger partial charge in [0.2, 0.25) is 5.91 Å².